The van der Waals surface area contributed by atoms with E-state index in [9.17, 15) is 5.11 Å². The molecule has 0 bridgehead atoms. The Kier molecular flexibility index (Phi) is 4.48. The van der Waals surface area contributed by atoms with E-state index in [0.717, 1.165) is 15.8 Å². The van der Waals surface area contributed by atoms with Crippen molar-refractivity contribution in [3.8, 4) is 5.75 Å². The second-order valence-corrected chi connectivity index (χ2v) is 5.25. The molecule has 3 nitrogen and oxygen atoms in total. The molecule has 0 radical (unpaired) electrons. The van der Waals surface area contributed by atoms with Gasteiger partial charge in [-0.05, 0) is 62.5 Å². The Hall–Kier alpha value is -0.780. The normalized spacial score (nSPS) is 12.4. The lowest BCUT2D eigenvalue weighted by molar-refractivity contribution is 0.187. The summed E-state index contributed by atoms with van der Waals surface area (Å²) >= 11 is 6.57. The molecular weight excluding hydrogens is 364 g/mol. The molecule has 2 rings (SSSR count). The molecule has 0 aliphatic heterocycles. The maximum atomic E-state index is 10.2. The molecule has 2 aromatic rings. The summed E-state index contributed by atoms with van der Waals surface area (Å²) in [7, 11) is 0. The van der Waals surface area contributed by atoms with Crippen LogP contribution in [0.5, 0.6) is 5.75 Å². The Labute approximate surface area is 122 Å². The SMILES string of the molecule is CCOc1cccc(C(O)c2cc(Br)c(Br)o2)c1. The molecule has 0 fully saturated rings. The van der Waals surface area contributed by atoms with Gasteiger partial charge in [-0.15, -0.1) is 0 Å². The average molecular weight is 376 g/mol. The number of rotatable bonds is 4. The number of halogens is 2. The number of aliphatic hydroxyl groups excluding tert-OH is 1. The highest BCUT2D eigenvalue weighted by atomic mass is 79.9. The Morgan fingerprint density at radius 2 is 2.11 bits per heavy atom. The van der Waals surface area contributed by atoms with Crippen LogP contribution in [0.1, 0.15) is 24.4 Å². The van der Waals surface area contributed by atoms with Gasteiger partial charge in [0.2, 0.25) is 0 Å². The third kappa shape index (κ3) is 2.96. The second-order valence-electron chi connectivity index (χ2n) is 3.68. The van der Waals surface area contributed by atoms with Gasteiger partial charge in [0, 0.05) is 0 Å². The quantitative estimate of drug-likeness (QED) is 0.866. The lowest BCUT2D eigenvalue weighted by Crippen LogP contribution is -1.99. The third-order valence-corrected chi connectivity index (χ3v) is 4.13. The van der Waals surface area contributed by atoms with Crippen LogP contribution in [0, 0.1) is 0 Å². The molecule has 0 saturated heterocycles. The van der Waals surface area contributed by atoms with Crippen LogP contribution in [0.4, 0.5) is 0 Å². The summed E-state index contributed by atoms with van der Waals surface area (Å²) in [4.78, 5) is 0. The summed E-state index contributed by atoms with van der Waals surface area (Å²) in [5.74, 6) is 1.21. The van der Waals surface area contributed by atoms with Crippen LogP contribution in [0.3, 0.4) is 0 Å². The molecule has 96 valence electrons. The molecule has 0 aliphatic carbocycles. The van der Waals surface area contributed by atoms with Gasteiger partial charge in [-0.25, -0.2) is 0 Å². The highest BCUT2D eigenvalue weighted by Gasteiger charge is 2.17. The lowest BCUT2D eigenvalue weighted by atomic mass is 10.1. The standard InChI is InChI=1S/C13H12Br2O3/c1-2-17-9-5-3-4-8(6-9)12(16)11-7-10(14)13(15)18-11/h3-7,12,16H,2H2,1H3. The summed E-state index contributed by atoms with van der Waals surface area (Å²) in [6, 6.07) is 9.07. The second kappa shape index (κ2) is 5.91. The first-order valence-corrected chi connectivity index (χ1v) is 7.06. The van der Waals surface area contributed by atoms with Crippen LogP contribution in [-0.4, -0.2) is 11.7 Å². The summed E-state index contributed by atoms with van der Waals surface area (Å²) in [5, 5.41) is 10.2. The van der Waals surface area contributed by atoms with E-state index in [0.29, 0.717) is 17.0 Å². The number of hydrogen-bond donors (Lipinski definition) is 1. The van der Waals surface area contributed by atoms with Gasteiger partial charge >= 0.3 is 0 Å². The van der Waals surface area contributed by atoms with E-state index in [4.69, 9.17) is 9.15 Å². The van der Waals surface area contributed by atoms with Crippen LogP contribution in [0.15, 0.2) is 43.9 Å². The first-order chi connectivity index (χ1) is 8.61. The number of furan rings is 1. The molecular formula is C13H12Br2O3. The Morgan fingerprint density at radius 3 is 2.72 bits per heavy atom. The van der Waals surface area contributed by atoms with Crippen molar-refractivity contribution in [1.29, 1.82) is 0 Å². The Bertz CT molecular complexity index is 517. The van der Waals surface area contributed by atoms with Gasteiger partial charge in [0.05, 0.1) is 11.1 Å². The molecule has 1 aromatic carbocycles. The van der Waals surface area contributed by atoms with Crippen molar-refractivity contribution in [3.63, 3.8) is 0 Å². The van der Waals surface area contributed by atoms with Gasteiger partial charge < -0.3 is 14.3 Å². The van der Waals surface area contributed by atoms with Gasteiger partial charge in [-0.3, -0.25) is 0 Å². The van der Waals surface area contributed by atoms with E-state index in [1.54, 1.807) is 12.1 Å². The van der Waals surface area contributed by atoms with E-state index in [2.05, 4.69) is 31.9 Å². The van der Waals surface area contributed by atoms with E-state index in [-0.39, 0.29) is 0 Å². The minimum absolute atomic E-state index is 0.474. The topological polar surface area (TPSA) is 42.6 Å². The van der Waals surface area contributed by atoms with Crippen molar-refractivity contribution in [2.75, 3.05) is 6.61 Å². The van der Waals surface area contributed by atoms with Gasteiger partial charge in [0.15, 0.2) is 4.67 Å². The van der Waals surface area contributed by atoms with Crippen molar-refractivity contribution in [2.45, 2.75) is 13.0 Å². The van der Waals surface area contributed by atoms with Gasteiger partial charge in [-0.1, -0.05) is 12.1 Å². The fourth-order valence-electron chi connectivity index (χ4n) is 1.60. The van der Waals surface area contributed by atoms with Crippen molar-refractivity contribution in [3.05, 3.63) is 50.8 Å². The Balaban J connectivity index is 2.27. The van der Waals surface area contributed by atoms with Gasteiger partial charge in [-0.2, -0.15) is 0 Å². The summed E-state index contributed by atoms with van der Waals surface area (Å²) in [5.41, 5.74) is 0.731. The van der Waals surface area contributed by atoms with Crippen LogP contribution in [0.25, 0.3) is 0 Å². The van der Waals surface area contributed by atoms with Crippen LogP contribution in [0.2, 0.25) is 0 Å². The maximum Gasteiger partial charge on any atom is 0.183 e. The highest BCUT2D eigenvalue weighted by molar-refractivity contribution is 9.13. The number of ether oxygens (including phenoxy) is 1. The van der Waals surface area contributed by atoms with Crippen molar-refractivity contribution >= 4 is 31.9 Å². The molecule has 0 spiro atoms. The van der Waals surface area contributed by atoms with Gasteiger partial charge in [0.25, 0.3) is 0 Å². The molecule has 1 unspecified atom stereocenters. The number of benzene rings is 1. The Morgan fingerprint density at radius 1 is 1.33 bits per heavy atom. The number of aliphatic hydroxyl groups is 1. The van der Waals surface area contributed by atoms with Crippen molar-refractivity contribution in [2.24, 2.45) is 0 Å². The summed E-state index contributed by atoms with van der Waals surface area (Å²) in [6.45, 7) is 2.52. The summed E-state index contributed by atoms with van der Waals surface area (Å²) < 4.78 is 12.2. The first-order valence-electron chi connectivity index (χ1n) is 5.47. The molecule has 1 N–H and O–H groups in total. The molecule has 1 atom stereocenters. The lowest BCUT2D eigenvalue weighted by Gasteiger charge is -2.10. The monoisotopic (exact) mass is 374 g/mol. The zero-order valence-corrected chi connectivity index (χ0v) is 12.9. The van der Waals surface area contributed by atoms with Crippen molar-refractivity contribution in [1.82, 2.24) is 0 Å². The van der Waals surface area contributed by atoms with E-state index < -0.39 is 6.10 Å². The smallest absolute Gasteiger partial charge is 0.183 e. The van der Waals surface area contributed by atoms with E-state index >= 15 is 0 Å². The molecule has 0 amide bonds. The van der Waals surface area contributed by atoms with Gasteiger partial charge in [0.1, 0.15) is 17.6 Å². The average Bonchev–Trinajstić information content (AvgIpc) is 2.69. The fraction of sp³-hybridized carbons (Fsp3) is 0.231. The third-order valence-electron chi connectivity index (χ3n) is 2.42. The minimum Gasteiger partial charge on any atom is -0.494 e. The van der Waals surface area contributed by atoms with E-state index in [1.807, 2.05) is 25.1 Å². The maximum absolute atomic E-state index is 10.2. The predicted octanol–water partition coefficient (Wildman–Crippen LogP) is 4.29. The fourth-order valence-corrected chi connectivity index (χ4v) is 2.21. The molecule has 0 saturated carbocycles. The molecule has 1 aromatic heterocycles. The summed E-state index contributed by atoms with van der Waals surface area (Å²) in [6.07, 6.45) is -0.812. The van der Waals surface area contributed by atoms with E-state index in [1.165, 1.54) is 0 Å². The molecule has 18 heavy (non-hydrogen) atoms. The first kappa shape index (κ1) is 13.6. The highest BCUT2D eigenvalue weighted by Crippen LogP contribution is 2.33. The largest absolute Gasteiger partial charge is 0.494 e. The zero-order chi connectivity index (χ0) is 13.1. The van der Waals surface area contributed by atoms with Crippen LogP contribution in [-0.2, 0) is 0 Å². The van der Waals surface area contributed by atoms with Crippen LogP contribution < -0.4 is 4.74 Å². The molecule has 0 aliphatic rings. The zero-order valence-electron chi connectivity index (χ0n) is 9.69. The molecule has 5 heteroatoms. The van der Waals surface area contributed by atoms with Crippen LogP contribution >= 0.6 is 31.9 Å². The minimum atomic E-state index is -0.812. The predicted molar refractivity (Wildman–Crippen MR) is 75.8 cm³/mol. The number of hydrogen-bond acceptors (Lipinski definition) is 3. The molecule has 1 heterocycles. The van der Waals surface area contributed by atoms with Crippen molar-refractivity contribution < 1.29 is 14.3 Å².